The van der Waals surface area contributed by atoms with E-state index in [0.717, 1.165) is 4.90 Å². The third-order valence-corrected chi connectivity index (χ3v) is 3.47. The molecule has 2 aromatic rings. The highest BCUT2D eigenvalue weighted by Crippen LogP contribution is 2.34. The van der Waals surface area contributed by atoms with Crippen LogP contribution in [0.4, 0.5) is 5.69 Å². The largest absolute Gasteiger partial charge is 0.425 e. The minimum absolute atomic E-state index is 0.558. The highest BCUT2D eigenvalue weighted by molar-refractivity contribution is 7.98. The van der Waals surface area contributed by atoms with Gasteiger partial charge in [0.1, 0.15) is 0 Å². The van der Waals surface area contributed by atoms with Crippen LogP contribution in [0.25, 0.3) is 0 Å². The molecule has 1 aromatic carbocycles. The van der Waals surface area contributed by atoms with Crippen LogP contribution < -0.4 is 5.73 Å². The lowest BCUT2D eigenvalue weighted by molar-refractivity contribution is 0.485. The van der Waals surface area contributed by atoms with Crippen molar-refractivity contribution in [3.63, 3.8) is 0 Å². The van der Waals surface area contributed by atoms with Crippen LogP contribution in [0.3, 0.4) is 0 Å². The van der Waals surface area contributed by atoms with Gasteiger partial charge in [-0.25, -0.2) is 0 Å². The van der Waals surface area contributed by atoms with Crippen molar-refractivity contribution >= 4 is 29.1 Å². The smallest absolute Gasteiger partial charge is 0.226 e. The first-order valence-corrected chi connectivity index (χ1v) is 5.99. The molecule has 2 N–H and O–H groups in total. The van der Waals surface area contributed by atoms with Gasteiger partial charge in [0.15, 0.2) is 0 Å². The van der Waals surface area contributed by atoms with Gasteiger partial charge >= 0.3 is 0 Å². The van der Waals surface area contributed by atoms with Gasteiger partial charge in [-0.05, 0) is 12.1 Å². The number of nitrogens with two attached hydrogens (primary N) is 1. The van der Waals surface area contributed by atoms with Crippen LogP contribution in [-0.2, 0) is 5.75 Å². The topological polar surface area (TPSA) is 64.9 Å². The van der Waals surface area contributed by atoms with Crippen LogP contribution in [0.5, 0.6) is 0 Å². The van der Waals surface area contributed by atoms with Crippen LogP contribution in [0.1, 0.15) is 11.8 Å². The van der Waals surface area contributed by atoms with E-state index >= 15 is 0 Å². The first-order chi connectivity index (χ1) is 7.66. The van der Waals surface area contributed by atoms with Gasteiger partial charge in [-0.2, -0.15) is 0 Å². The number of thioether (sulfide) groups is 1. The third kappa shape index (κ3) is 2.48. The second kappa shape index (κ2) is 4.76. The molecule has 0 radical (unpaired) electrons. The number of aryl methyl sites for hydroxylation is 1. The molecule has 0 unspecified atom stereocenters. The first-order valence-electron chi connectivity index (χ1n) is 4.62. The molecule has 1 aromatic heterocycles. The maximum absolute atomic E-state index is 6.03. The monoisotopic (exact) mass is 255 g/mol. The molecule has 16 heavy (non-hydrogen) atoms. The molecule has 84 valence electrons. The molecular formula is C10H10ClN3OS. The van der Waals surface area contributed by atoms with Gasteiger partial charge in [0.25, 0.3) is 0 Å². The standard InChI is InChI=1S/C10H10ClN3OS/c1-6-13-14-9(15-6)5-16-10-7(11)3-2-4-8(10)12/h2-4H,5,12H2,1H3. The number of rotatable bonds is 3. The summed E-state index contributed by atoms with van der Waals surface area (Å²) in [4.78, 5) is 0.847. The second-order valence-electron chi connectivity index (χ2n) is 3.16. The predicted octanol–water partition coefficient (Wildman–Crippen LogP) is 2.91. The first kappa shape index (κ1) is 11.3. The number of hydrogen-bond acceptors (Lipinski definition) is 5. The number of nitrogen functional groups attached to an aromatic ring is 1. The Hall–Kier alpha value is -1.20. The van der Waals surface area contributed by atoms with E-state index in [1.807, 2.05) is 12.1 Å². The Bertz CT molecular complexity index is 480. The quantitative estimate of drug-likeness (QED) is 0.675. The van der Waals surface area contributed by atoms with Crippen molar-refractivity contribution in [2.75, 3.05) is 5.73 Å². The lowest BCUT2D eigenvalue weighted by Gasteiger charge is -2.05. The van der Waals surface area contributed by atoms with Gasteiger partial charge in [-0.15, -0.1) is 22.0 Å². The zero-order chi connectivity index (χ0) is 11.5. The molecule has 0 spiro atoms. The van der Waals surface area contributed by atoms with Crippen molar-refractivity contribution < 1.29 is 4.42 Å². The Kier molecular flexibility index (Phi) is 3.36. The molecule has 0 atom stereocenters. The van der Waals surface area contributed by atoms with Crippen molar-refractivity contribution in [1.82, 2.24) is 10.2 Å². The lowest BCUT2D eigenvalue weighted by Crippen LogP contribution is -1.89. The van der Waals surface area contributed by atoms with Crippen molar-refractivity contribution in [3.05, 3.63) is 35.0 Å². The Morgan fingerprint density at radius 1 is 1.44 bits per heavy atom. The van der Waals surface area contributed by atoms with Crippen LogP contribution in [-0.4, -0.2) is 10.2 Å². The second-order valence-corrected chi connectivity index (χ2v) is 4.55. The zero-order valence-electron chi connectivity index (χ0n) is 8.61. The van der Waals surface area contributed by atoms with E-state index in [1.54, 1.807) is 13.0 Å². The normalized spacial score (nSPS) is 10.6. The summed E-state index contributed by atoms with van der Waals surface area (Å²) in [5, 5.41) is 8.29. The summed E-state index contributed by atoms with van der Waals surface area (Å²) in [6.45, 7) is 1.75. The number of nitrogens with zero attached hydrogens (tertiary/aromatic N) is 2. The van der Waals surface area contributed by atoms with Gasteiger partial charge in [-0.1, -0.05) is 17.7 Å². The average molecular weight is 256 g/mol. The third-order valence-electron chi connectivity index (χ3n) is 1.91. The minimum Gasteiger partial charge on any atom is -0.425 e. The summed E-state index contributed by atoms with van der Waals surface area (Å²) in [5.74, 6) is 1.69. The van der Waals surface area contributed by atoms with Gasteiger partial charge in [0.2, 0.25) is 11.8 Å². The van der Waals surface area contributed by atoms with E-state index in [1.165, 1.54) is 11.8 Å². The summed E-state index contributed by atoms with van der Waals surface area (Å²) in [6, 6.07) is 5.44. The maximum atomic E-state index is 6.03. The number of aromatic nitrogens is 2. The van der Waals surface area contributed by atoms with E-state index in [4.69, 9.17) is 21.8 Å². The Labute approximate surface area is 102 Å². The molecule has 2 rings (SSSR count). The molecule has 0 aliphatic carbocycles. The van der Waals surface area contributed by atoms with Crippen LogP contribution in [0.15, 0.2) is 27.5 Å². The summed E-state index contributed by atoms with van der Waals surface area (Å²) < 4.78 is 5.26. The molecule has 0 bridgehead atoms. The summed E-state index contributed by atoms with van der Waals surface area (Å²) in [6.07, 6.45) is 0. The molecule has 4 nitrogen and oxygen atoms in total. The van der Waals surface area contributed by atoms with Crippen molar-refractivity contribution in [2.24, 2.45) is 0 Å². The van der Waals surface area contributed by atoms with Crippen LogP contribution in [0.2, 0.25) is 5.02 Å². The molecule has 0 saturated heterocycles. The molecular weight excluding hydrogens is 246 g/mol. The number of anilines is 1. The molecule has 6 heteroatoms. The molecule has 0 fully saturated rings. The predicted molar refractivity (Wildman–Crippen MR) is 64.5 cm³/mol. The minimum atomic E-state index is 0.558. The molecule has 0 aliphatic heterocycles. The fourth-order valence-corrected chi connectivity index (χ4v) is 2.38. The molecule has 0 amide bonds. The Morgan fingerprint density at radius 3 is 2.88 bits per heavy atom. The number of halogens is 1. The fraction of sp³-hybridized carbons (Fsp3) is 0.200. The Balaban J connectivity index is 2.10. The van der Waals surface area contributed by atoms with Crippen LogP contribution in [0, 0.1) is 6.92 Å². The number of hydrogen-bond donors (Lipinski definition) is 1. The number of benzene rings is 1. The highest BCUT2D eigenvalue weighted by Gasteiger charge is 2.08. The van der Waals surface area contributed by atoms with Gasteiger partial charge in [0.05, 0.1) is 10.8 Å². The van der Waals surface area contributed by atoms with Gasteiger partial charge in [-0.3, -0.25) is 0 Å². The van der Waals surface area contributed by atoms with E-state index in [9.17, 15) is 0 Å². The van der Waals surface area contributed by atoms with E-state index < -0.39 is 0 Å². The van der Waals surface area contributed by atoms with E-state index in [2.05, 4.69) is 10.2 Å². The van der Waals surface area contributed by atoms with Crippen molar-refractivity contribution in [3.8, 4) is 0 Å². The summed E-state index contributed by atoms with van der Waals surface area (Å²) in [7, 11) is 0. The molecule has 0 aliphatic rings. The van der Waals surface area contributed by atoms with Crippen LogP contribution >= 0.6 is 23.4 Å². The summed E-state index contributed by atoms with van der Waals surface area (Å²) >= 11 is 7.52. The van der Waals surface area contributed by atoms with E-state index in [0.29, 0.717) is 28.2 Å². The summed E-state index contributed by atoms with van der Waals surface area (Å²) in [5.41, 5.74) is 6.48. The average Bonchev–Trinajstić information content (AvgIpc) is 2.63. The highest BCUT2D eigenvalue weighted by atomic mass is 35.5. The lowest BCUT2D eigenvalue weighted by atomic mass is 10.3. The fourth-order valence-electron chi connectivity index (χ4n) is 1.21. The Morgan fingerprint density at radius 2 is 2.25 bits per heavy atom. The molecule has 1 heterocycles. The molecule has 0 saturated carbocycles. The maximum Gasteiger partial charge on any atom is 0.226 e. The van der Waals surface area contributed by atoms with Crippen molar-refractivity contribution in [2.45, 2.75) is 17.6 Å². The van der Waals surface area contributed by atoms with Gasteiger partial charge in [0, 0.05) is 17.5 Å². The SMILES string of the molecule is Cc1nnc(CSc2c(N)cccc2Cl)o1. The van der Waals surface area contributed by atoms with Gasteiger partial charge < -0.3 is 10.2 Å². The zero-order valence-corrected chi connectivity index (χ0v) is 10.2. The van der Waals surface area contributed by atoms with E-state index in [-0.39, 0.29) is 0 Å². The van der Waals surface area contributed by atoms with Crippen molar-refractivity contribution in [1.29, 1.82) is 0 Å².